The Kier molecular flexibility index (Phi) is 5.45. The molecule has 156 valence electrons. The number of Topliss-reactive ketones (excluding diaryl/α,β-unsaturated/α-hetero) is 1. The maximum Gasteiger partial charge on any atom is 0.260 e. The second-order valence-electron chi connectivity index (χ2n) is 7.83. The van der Waals surface area contributed by atoms with Gasteiger partial charge in [-0.05, 0) is 12.1 Å². The predicted molar refractivity (Wildman–Crippen MR) is 103 cm³/mol. The van der Waals surface area contributed by atoms with E-state index in [1.165, 1.54) is 0 Å². The lowest BCUT2D eigenvalue weighted by molar-refractivity contribution is -0.137. The van der Waals surface area contributed by atoms with Crippen molar-refractivity contribution in [1.82, 2.24) is 9.80 Å². The second-order valence-corrected chi connectivity index (χ2v) is 7.83. The molecule has 2 fully saturated rings. The summed E-state index contributed by atoms with van der Waals surface area (Å²) in [7, 11) is 0. The van der Waals surface area contributed by atoms with Gasteiger partial charge in [0.15, 0.2) is 12.4 Å². The van der Waals surface area contributed by atoms with Crippen LogP contribution < -0.4 is 9.47 Å². The Balaban J connectivity index is 1.42. The third kappa shape index (κ3) is 4.22. The second kappa shape index (κ2) is 8.02. The summed E-state index contributed by atoms with van der Waals surface area (Å²) in [4.78, 5) is 40.0. The number of rotatable bonds is 3. The first-order valence-corrected chi connectivity index (χ1v) is 10.1. The molecule has 1 aromatic rings. The number of likely N-dealkylation sites (tertiary alicyclic amines) is 1. The number of benzene rings is 1. The van der Waals surface area contributed by atoms with Gasteiger partial charge in [0.05, 0.1) is 25.2 Å². The maximum atomic E-state index is 12.7. The van der Waals surface area contributed by atoms with Crippen molar-refractivity contribution in [2.45, 2.75) is 31.8 Å². The van der Waals surface area contributed by atoms with Gasteiger partial charge in [0.2, 0.25) is 5.91 Å². The Morgan fingerprint density at radius 3 is 2.52 bits per heavy atom. The highest BCUT2D eigenvalue weighted by atomic mass is 16.5. The summed E-state index contributed by atoms with van der Waals surface area (Å²) in [5.41, 5.74) is -0.0327. The van der Waals surface area contributed by atoms with E-state index in [1.807, 2.05) is 0 Å². The number of hydrogen-bond donors (Lipinski definition) is 0. The number of morpholine rings is 1. The van der Waals surface area contributed by atoms with Crippen molar-refractivity contribution in [2.24, 2.45) is 0 Å². The Morgan fingerprint density at radius 2 is 1.83 bits per heavy atom. The molecule has 29 heavy (non-hydrogen) atoms. The van der Waals surface area contributed by atoms with Crippen LogP contribution in [0.3, 0.4) is 0 Å². The van der Waals surface area contributed by atoms with E-state index in [4.69, 9.17) is 14.2 Å². The minimum Gasteiger partial charge on any atom is -0.486 e. The van der Waals surface area contributed by atoms with Gasteiger partial charge in [-0.2, -0.15) is 0 Å². The zero-order chi connectivity index (χ0) is 20.4. The summed E-state index contributed by atoms with van der Waals surface area (Å²) in [6.45, 7) is 4.90. The van der Waals surface area contributed by atoms with Crippen LogP contribution in [0.1, 0.15) is 36.5 Å². The number of carbonyl (C=O) groups is 3. The molecule has 0 aliphatic carbocycles. The first-order chi connectivity index (χ1) is 14.0. The molecule has 8 nitrogen and oxygen atoms in total. The van der Waals surface area contributed by atoms with Gasteiger partial charge >= 0.3 is 0 Å². The summed E-state index contributed by atoms with van der Waals surface area (Å²) in [5, 5.41) is 0. The van der Waals surface area contributed by atoms with E-state index < -0.39 is 5.60 Å². The highest BCUT2D eigenvalue weighted by molar-refractivity contribution is 6.00. The van der Waals surface area contributed by atoms with Crippen LogP contribution in [0.25, 0.3) is 0 Å². The molecule has 0 unspecified atom stereocenters. The molecule has 0 radical (unpaired) electrons. The number of ketones is 1. The van der Waals surface area contributed by atoms with Crippen LogP contribution in [-0.4, -0.2) is 79.0 Å². The normalized spacial score (nSPS) is 20.8. The van der Waals surface area contributed by atoms with Gasteiger partial charge in [-0.3, -0.25) is 14.4 Å². The lowest BCUT2D eigenvalue weighted by Crippen LogP contribution is -2.51. The van der Waals surface area contributed by atoms with E-state index in [1.54, 1.807) is 34.9 Å². The minimum absolute atomic E-state index is 0.0402. The molecule has 8 heteroatoms. The zero-order valence-electron chi connectivity index (χ0n) is 16.6. The molecule has 4 rings (SSSR count). The van der Waals surface area contributed by atoms with Crippen molar-refractivity contribution < 1.29 is 28.6 Å². The van der Waals surface area contributed by atoms with Crippen molar-refractivity contribution in [3.8, 4) is 11.5 Å². The smallest absolute Gasteiger partial charge is 0.260 e. The monoisotopic (exact) mass is 402 g/mol. The number of nitrogens with zero attached hydrogens (tertiary/aromatic N) is 2. The number of amides is 2. The van der Waals surface area contributed by atoms with Gasteiger partial charge in [-0.1, -0.05) is 0 Å². The van der Waals surface area contributed by atoms with Gasteiger partial charge in [0, 0.05) is 52.0 Å². The third-order valence-electron chi connectivity index (χ3n) is 5.91. The molecule has 0 bridgehead atoms. The molecule has 2 saturated heterocycles. The topological polar surface area (TPSA) is 85.4 Å². The summed E-state index contributed by atoms with van der Waals surface area (Å²) >= 11 is 0. The van der Waals surface area contributed by atoms with E-state index >= 15 is 0 Å². The fourth-order valence-electron chi connectivity index (χ4n) is 4.12. The SMILES string of the molecule is CC(=O)N1CCC2(CC1)CC(=O)c1ccc(OCC(=O)N3CCOCC3)cc1O2. The number of ether oxygens (including phenoxy) is 3. The molecule has 2 amide bonds. The van der Waals surface area contributed by atoms with E-state index in [-0.39, 0.29) is 24.2 Å². The van der Waals surface area contributed by atoms with Crippen molar-refractivity contribution >= 4 is 17.6 Å². The standard InChI is InChI=1S/C21H26N2O6/c1-15(24)22-6-4-21(5-7-22)13-18(25)17-3-2-16(12-19(17)29-21)28-14-20(26)23-8-10-27-11-9-23/h2-3,12H,4-11,13-14H2,1H3. The molecule has 0 aromatic heterocycles. The van der Waals surface area contributed by atoms with E-state index in [0.717, 1.165) is 0 Å². The summed E-state index contributed by atoms with van der Waals surface area (Å²) in [6, 6.07) is 5.09. The van der Waals surface area contributed by atoms with Crippen molar-refractivity contribution in [2.75, 3.05) is 46.0 Å². The lowest BCUT2D eigenvalue weighted by Gasteiger charge is -2.43. The number of carbonyl (C=O) groups excluding carboxylic acids is 3. The first kappa shape index (κ1) is 19.7. The first-order valence-electron chi connectivity index (χ1n) is 10.1. The Labute approximate surface area is 169 Å². The van der Waals surface area contributed by atoms with Crippen LogP contribution >= 0.6 is 0 Å². The average molecular weight is 402 g/mol. The Hall–Kier alpha value is -2.61. The van der Waals surface area contributed by atoms with Gasteiger partial charge in [-0.15, -0.1) is 0 Å². The van der Waals surface area contributed by atoms with Crippen molar-refractivity contribution in [3.63, 3.8) is 0 Å². The minimum atomic E-state index is -0.571. The largest absolute Gasteiger partial charge is 0.486 e. The molecule has 0 atom stereocenters. The Bertz CT molecular complexity index is 809. The van der Waals surface area contributed by atoms with Gasteiger partial charge in [0.25, 0.3) is 5.91 Å². The van der Waals surface area contributed by atoms with Crippen molar-refractivity contribution in [3.05, 3.63) is 23.8 Å². The van der Waals surface area contributed by atoms with Crippen LogP contribution in [0.4, 0.5) is 0 Å². The van der Waals surface area contributed by atoms with Crippen LogP contribution in [0.2, 0.25) is 0 Å². The van der Waals surface area contributed by atoms with Gasteiger partial charge in [-0.25, -0.2) is 0 Å². The maximum absolute atomic E-state index is 12.7. The number of piperidine rings is 1. The predicted octanol–water partition coefficient (Wildman–Crippen LogP) is 1.27. The molecule has 0 saturated carbocycles. The number of fused-ring (bicyclic) bond motifs is 1. The fourth-order valence-corrected chi connectivity index (χ4v) is 4.12. The van der Waals surface area contributed by atoms with E-state index in [9.17, 15) is 14.4 Å². The quantitative estimate of drug-likeness (QED) is 0.757. The molecule has 1 aromatic carbocycles. The molecule has 0 N–H and O–H groups in total. The Morgan fingerprint density at radius 1 is 1.10 bits per heavy atom. The van der Waals surface area contributed by atoms with Crippen LogP contribution in [0, 0.1) is 0 Å². The summed E-state index contributed by atoms with van der Waals surface area (Å²) in [5.74, 6) is 0.989. The third-order valence-corrected chi connectivity index (χ3v) is 5.91. The highest BCUT2D eigenvalue weighted by Crippen LogP contribution is 2.40. The average Bonchev–Trinajstić information content (AvgIpc) is 2.72. The molecular formula is C21H26N2O6. The highest BCUT2D eigenvalue weighted by Gasteiger charge is 2.43. The zero-order valence-corrected chi connectivity index (χ0v) is 16.6. The van der Waals surface area contributed by atoms with Crippen LogP contribution in [-0.2, 0) is 14.3 Å². The van der Waals surface area contributed by atoms with Crippen LogP contribution in [0.5, 0.6) is 11.5 Å². The van der Waals surface area contributed by atoms with Crippen LogP contribution in [0.15, 0.2) is 18.2 Å². The van der Waals surface area contributed by atoms with E-state index in [2.05, 4.69) is 0 Å². The molecule has 3 heterocycles. The number of hydrogen-bond acceptors (Lipinski definition) is 6. The molecule has 1 spiro atoms. The lowest BCUT2D eigenvalue weighted by atomic mass is 9.82. The fraction of sp³-hybridized carbons (Fsp3) is 0.571. The van der Waals surface area contributed by atoms with Gasteiger partial charge < -0.3 is 24.0 Å². The summed E-state index contributed by atoms with van der Waals surface area (Å²) in [6.07, 6.45) is 1.57. The molecule has 3 aliphatic heterocycles. The van der Waals surface area contributed by atoms with Crippen molar-refractivity contribution in [1.29, 1.82) is 0 Å². The van der Waals surface area contributed by atoms with E-state index in [0.29, 0.717) is 75.7 Å². The summed E-state index contributed by atoms with van der Waals surface area (Å²) < 4.78 is 17.2. The van der Waals surface area contributed by atoms with Gasteiger partial charge in [0.1, 0.15) is 17.1 Å². The molecule has 3 aliphatic rings. The molecular weight excluding hydrogens is 376 g/mol.